The minimum Gasteiger partial charge on any atom is -0.449 e. The molecule has 0 saturated carbocycles. The summed E-state index contributed by atoms with van der Waals surface area (Å²) >= 11 is 0. The molecule has 0 aliphatic carbocycles. The zero-order chi connectivity index (χ0) is 19.3. The number of ether oxygens (including phenoxy) is 2. The van der Waals surface area contributed by atoms with E-state index in [9.17, 15) is 4.79 Å². The van der Waals surface area contributed by atoms with Crippen LogP contribution in [0.5, 0.6) is 0 Å². The van der Waals surface area contributed by atoms with Gasteiger partial charge in [0.1, 0.15) is 11.6 Å². The SMILES string of the molecule is Cc1noc(C)c1-c1ccc2c(c1)nc([C@@H]1CCOC(=O)N1)n2C1CCOC1. The number of fused-ring (bicyclic) bond motifs is 1. The number of hydrogen-bond donors (Lipinski definition) is 1. The lowest BCUT2D eigenvalue weighted by atomic mass is 10.0. The number of amides is 1. The number of rotatable bonds is 3. The fraction of sp³-hybridized carbons (Fsp3) is 0.450. The van der Waals surface area contributed by atoms with E-state index in [2.05, 4.69) is 33.2 Å². The van der Waals surface area contributed by atoms with E-state index in [0.717, 1.165) is 52.5 Å². The highest BCUT2D eigenvalue weighted by Gasteiger charge is 2.30. The minimum atomic E-state index is -0.395. The maximum Gasteiger partial charge on any atom is 0.407 e. The van der Waals surface area contributed by atoms with Gasteiger partial charge in [0.15, 0.2) is 0 Å². The molecule has 4 heterocycles. The van der Waals surface area contributed by atoms with E-state index in [1.54, 1.807) is 0 Å². The van der Waals surface area contributed by atoms with E-state index >= 15 is 0 Å². The minimum absolute atomic E-state index is 0.170. The Kier molecular flexibility index (Phi) is 4.08. The third-order valence-corrected chi connectivity index (χ3v) is 5.55. The van der Waals surface area contributed by atoms with E-state index < -0.39 is 6.09 Å². The summed E-state index contributed by atoms with van der Waals surface area (Å²) in [6.45, 7) is 5.64. The Morgan fingerprint density at radius 2 is 2.11 bits per heavy atom. The standard InChI is InChI=1S/C20H22N4O4/c1-11-18(12(2)28-23-11)13-3-4-17-16(9-13)21-19(15-6-8-27-20(25)22-15)24(17)14-5-7-26-10-14/h3-4,9,14-15H,5-8,10H2,1-2H3,(H,22,25)/t14?,15-/m0/s1. The third-order valence-electron chi connectivity index (χ3n) is 5.55. The number of cyclic esters (lactones) is 1. The van der Waals surface area contributed by atoms with E-state index in [1.165, 1.54) is 0 Å². The summed E-state index contributed by atoms with van der Waals surface area (Å²) < 4.78 is 18.2. The molecule has 146 valence electrons. The van der Waals surface area contributed by atoms with Gasteiger partial charge in [0.25, 0.3) is 0 Å². The summed E-state index contributed by atoms with van der Waals surface area (Å²) in [5.74, 6) is 1.65. The van der Waals surface area contributed by atoms with Crippen LogP contribution in [0.4, 0.5) is 4.79 Å². The molecule has 1 N–H and O–H groups in total. The summed E-state index contributed by atoms with van der Waals surface area (Å²) in [6.07, 6.45) is 1.23. The van der Waals surface area contributed by atoms with Gasteiger partial charge in [-0.3, -0.25) is 0 Å². The number of hydrogen-bond acceptors (Lipinski definition) is 6. The quantitative estimate of drug-likeness (QED) is 0.746. The van der Waals surface area contributed by atoms with Gasteiger partial charge in [0.05, 0.1) is 42.0 Å². The van der Waals surface area contributed by atoms with Crippen molar-refractivity contribution in [2.24, 2.45) is 0 Å². The number of benzene rings is 1. The summed E-state index contributed by atoms with van der Waals surface area (Å²) in [6, 6.07) is 6.28. The number of nitrogens with one attached hydrogen (secondary N) is 1. The molecular weight excluding hydrogens is 360 g/mol. The lowest BCUT2D eigenvalue weighted by Crippen LogP contribution is -2.37. The molecule has 2 fully saturated rings. The molecule has 1 unspecified atom stereocenters. The van der Waals surface area contributed by atoms with Crippen molar-refractivity contribution in [3.8, 4) is 11.1 Å². The van der Waals surface area contributed by atoms with Gasteiger partial charge in [-0.25, -0.2) is 9.78 Å². The van der Waals surface area contributed by atoms with Crippen molar-refractivity contribution >= 4 is 17.1 Å². The van der Waals surface area contributed by atoms with Gasteiger partial charge >= 0.3 is 6.09 Å². The summed E-state index contributed by atoms with van der Waals surface area (Å²) in [4.78, 5) is 16.7. The van der Waals surface area contributed by atoms with Crippen LogP contribution in [0.3, 0.4) is 0 Å². The number of carbonyl (C=O) groups is 1. The average Bonchev–Trinajstić information content (AvgIpc) is 3.40. The molecule has 2 atom stereocenters. The van der Waals surface area contributed by atoms with Crippen molar-refractivity contribution < 1.29 is 18.8 Å². The molecule has 2 saturated heterocycles. The van der Waals surface area contributed by atoms with E-state index in [-0.39, 0.29) is 12.1 Å². The van der Waals surface area contributed by atoms with Crippen LogP contribution in [-0.4, -0.2) is 40.6 Å². The van der Waals surface area contributed by atoms with Crippen molar-refractivity contribution in [3.63, 3.8) is 0 Å². The monoisotopic (exact) mass is 382 g/mol. The van der Waals surface area contributed by atoms with Crippen LogP contribution in [0, 0.1) is 13.8 Å². The Bertz CT molecular complexity index is 1030. The maximum absolute atomic E-state index is 11.8. The van der Waals surface area contributed by atoms with Crippen molar-refractivity contribution in [2.45, 2.75) is 38.8 Å². The lowest BCUT2D eigenvalue weighted by molar-refractivity contribution is 0.113. The fourth-order valence-electron chi connectivity index (χ4n) is 4.24. The predicted molar refractivity (Wildman–Crippen MR) is 101 cm³/mol. The van der Waals surface area contributed by atoms with E-state index in [1.807, 2.05) is 13.8 Å². The summed E-state index contributed by atoms with van der Waals surface area (Å²) in [5, 5.41) is 6.97. The highest BCUT2D eigenvalue weighted by atomic mass is 16.6. The van der Waals surface area contributed by atoms with Crippen LogP contribution in [0.2, 0.25) is 0 Å². The number of aromatic nitrogens is 3. The Morgan fingerprint density at radius 3 is 2.82 bits per heavy atom. The Balaban J connectivity index is 1.65. The Labute approximate surface area is 161 Å². The van der Waals surface area contributed by atoms with Gasteiger partial charge in [-0.05, 0) is 38.0 Å². The van der Waals surface area contributed by atoms with Crippen LogP contribution in [0.25, 0.3) is 22.2 Å². The van der Waals surface area contributed by atoms with Crippen LogP contribution in [0.15, 0.2) is 22.7 Å². The van der Waals surface area contributed by atoms with Crippen LogP contribution < -0.4 is 5.32 Å². The lowest BCUT2D eigenvalue weighted by Gasteiger charge is -2.25. The molecule has 2 aliphatic heterocycles. The van der Waals surface area contributed by atoms with Gasteiger partial charge in [-0.15, -0.1) is 0 Å². The second-order valence-electron chi connectivity index (χ2n) is 7.38. The number of carbonyl (C=O) groups excluding carboxylic acids is 1. The highest BCUT2D eigenvalue weighted by molar-refractivity contribution is 5.84. The van der Waals surface area contributed by atoms with Gasteiger partial charge in [0.2, 0.25) is 0 Å². The number of imidazole rings is 1. The second-order valence-corrected chi connectivity index (χ2v) is 7.38. The molecular formula is C20H22N4O4. The summed E-state index contributed by atoms with van der Waals surface area (Å²) in [5.41, 5.74) is 4.82. The van der Waals surface area contributed by atoms with Crippen molar-refractivity contribution in [1.82, 2.24) is 20.0 Å². The second kappa shape index (κ2) is 6.63. The molecule has 8 heteroatoms. The first-order valence-electron chi connectivity index (χ1n) is 9.58. The predicted octanol–water partition coefficient (Wildman–Crippen LogP) is 3.44. The molecule has 28 heavy (non-hydrogen) atoms. The number of alkyl carbamates (subject to hydrolysis) is 1. The molecule has 0 spiro atoms. The van der Waals surface area contributed by atoms with E-state index in [4.69, 9.17) is 19.0 Å². The average molecular weight is 382 g/mol. The van der Waals surface area contributed by atoms with Crippen molar-refractivity contribution in [1.29, 1.82) is 0 Å². The van der Waals surface area contributed by atoms with Crippen LogP contribution in [0.1, 0.15) is 42.2 Å². The van der Waals surface area contributed by atoms with Crippen molar-refractivity contribution in [3.05, 3.63) is 35.5 Å². The molecule has 1 amide bonds. The first kappa shape index (κ1) is 17.2. The zero-order valence-corrected chi connectivity index (χ0v) is 15.9. The van der Waals surface area contributed by atoms with Gasteiger partial charge in [-0.2, -0.15) is 0 Å². The molecule has 5 rings (SSSR count). The van der Waals surface area contributed by atoms with Crippen LogP contribution >= 0.6 is 0 Å². The van der Waals surface area contributed by atoms with Crippen molar-refractivity contribution in [2.75, 3.05) is 19.8 Å². The first-order valence-corrected chi connectivity index (χ1v) is 9.58. The smallest absolute Gasteiger partial charge is 0.407 e. The van der Waals surface area contributed by atoms with Gasteiger partial charge < -0.3 is 23.9 Å². The largest absolute Gasteiger partial charge is 0.449 e. The first-order chi connectivity index (χ1) is 13.6. The fourth-order valence-corrected chi connectivity index (χ4v) is 4.24. The van der Waals surface area contributed by atoms with Crippen LogP contribution in [-0.2, 0) is 9.47 Å². The zero-order valence-electron chi connectivity index (χ0n) is 15.9. The molecule has 1 aromatic carbocycles. The molecule has 3 aromatic rings. The molecule has 2 aromatic heterocycles. The van der Waals surface area contributed by atoms with E-state index in [0.29, 0.717) is 19.6 Å². The highest BCUT2D eigenvalue weighted by Crippen LogP contribution is 2.34. The molecule has 0 radical (unpaired) electrons. The number of nitrogens with zero attached hydrogens (tertiary/aromatic N) is 3. The molecule has 8 nitrogen and oxygen atoms in total. The Morgan fingerprint density at radius 1 is 1.21 bits per heavy atom. The molecule has 2 aliphatic rings. The number of aryl methyl sites for hydroxylation is 2. The summed E-state index contributed by atoms with van der Waals surface area (Å²) in [7, 11) is 0. The Hall–Kier alpha value is -2.87. The normalized spacial score (nSPS) is 22.4. The maximum atomic E-state index is 11.8. The molecule has 0 bridgehead atoms. The van der Waals surface area contributed by atoms with Gasteiger partial charge in [0, 0.05) is 18.6 Å². The third kappa shape index (κ3) is 2.75. The topological polar surface area (TPSA) is 91.4 Å². The van der Waals surface area contributed by atoms with Gasteiger partial charge in [-0.1, -0.05) is 11.2 Å².